The number of Topliss-reactive ketones (excluding diaryl/α,β-unsaturated/α-hetero) is 1. The third-order valence-corrected chi connectivity index (χ3v) is 13.3. The highest BCUT2D eigenvalue weighted by Gasteiger charge is 2.30. The fourth-order valence-corrected chi connectivity index (χ4v) is 9.89. The molecular weight excluding hydrogens is 829 g/mol. The Morgan fingerprint density at radius 2 is 0.847 bits per heavy atom. The zero-order chi connectivity index (χ0) is 43.9. The standard InChI is InChI=1S/C38H46N6O12S3/c1-22(2)36(47)39-14-7-17-42-57(50,51)31-20-30(56-25(6)46)26-10-11-28-32(58(52,53)44-19-9-16-41-38(49)24(5)45)21-33(29-13-12-27(31)34(26)35(28)29)59(54,55)43-18-8-15-40-37(48)23(3)4/h10-13,20-21,42-44H,1,3,7-9,14-19H2,2,4-6H3,(H,39,47)(H,40,48)(H,41,49). The number of amides is 3. The molecule has 0 aliphatic rings. The van der Waals surface area contributed by atoms with Crippen molar-refractivity contribution in [2.45, 2.75) is 61.6 Å². The van der Waals surface area contributed by atoms with E-state index < -0.39 is 69.3 Å². The van der Waals surface area contributed by atoms with Gasteiger partial charge in [0.15, 0.2) is 0 Å². The Bertz CT molecular complexity index is 2610. The number of rotatable bonds is 22. The fourth-order valence-electron chi connectivity index (χ4n) is 5.92. The lowest BCUT2D eigenvalue weighted by molar-refractivity contribution is -0.136. The van der Waals surface area contributed by atoms with E-state index in [-0.39, 0.29) is 113 Å². The summed E-state index contributed by atoms with van der Waals surface area (Å²) >= 11 is 0. The molecule has 59 heavy (non-hydrogen) atoms. The van der Waals surface area contributed by atoms with Gasteiger partial charge in [0.05, 0.1) is 14.7 Å². The van der Waals surface area contributed by atoms with Crippen LogP contribution in [0.2, 0.25) is 0 Å². The van der Waals surface area contributed by atoms with Crippen LogP contribution in [0.3, 0.4) is 0 Å². The Labute approximate surface area is 342 Å². The van der Waals surface area contributed by atoms with Gasteiger partial charge in [-0.25, -0.2) is 39.4 Å². The molecule has 318 valence electrons. The number of nitrogens with one attached hydrogen (secondary N) is 6. The Hall–Kier alpha value is -5.32. The summed E-state index contributed by atoms with van der Waals surface area (Å²) in [4.78, 5) is 57.7. The Morgan fingerprint density at radius 1 is 0.508 bits per heavy atom. The molecule has 4 rings (SSSR count). The number of hydrogen-bond acceptors (Lipinski definition) is 12. The van der Waals surface area contributed by atoms with Crippen molar-refractivity contribution in [2.75, 3.05) is 39.3 Å². The van der Waals surface area contributed by atoms with E-state index in [2.05, 4.69) is 43.3 Å². The molecule has 0 spiro atoms. The lowest BCUT2D eigenvalue weighted by Crippen LogP contribution is -2.33. The summed E-state index contributed by atoms with van der Waals surface area (Å²) in [5, 5.41) is 7.89. The van der Waals surface area contributed by atoms with Crippen LogP contribution in [0, 0.1) is 0 Å². The normalized spacial score (nSPS) is 12.1. The van der Waals surface area contributed by atoms with E-state index in [1.54, 1.807) is 0 Å². The molecule has 0 saturated carbocycles. The maximum atomic E-state index is 14.1. The first-order chi connectivity index (χ1) is 27.6. The molecule has 6 N–H and O–H groups in total. The third kappa shape index (κ3) is 11.2. The minimum absolute atomic E-state index is 0.00137. The monoisotopic (exact) mass is 874 g/mol. The highest BCUT2D eigenvalue weighted by Crippen LogP contribution is 2.45. The summed E-state index contributed by atoms with van der Waals surface area (Å²) in [7, 11) is -13.5. The first kappa shape index (κ1) is 46.4. The topological polar surface area (TPSA) is 269 Å². The maximum Gasteiger partial charge on any atom is 0.308 e. The van der Waals surface area contributed by atoms with Gasteiger partial charge in [0.25, 0.3) is 5.91 Å². The molecule has 3 amide bonds. The van der Waals surface area contributed by atoms with Crippen LogP contribution in [0.5, 0.6) is 5.75 Å². The number of carbonyl (C=O) groups is 5. The average molecular weight is 875 g/mol. The third-order valence-electron chi connectivity index (χ3n) is 8.76. The van der Waals surface area contributed by atoms with Crippen LogP contribution in [0.15, 0.2) is 75.4 Å². The molecule has 18 nitrogen and oxygen atoms in total. The zero-order valence-electron chi connectivity index (χ0n) is 32.9. The molecule has 0 fully saturated rings. The quantitative estimate of drug-likeness (QED) is 0.0164. The van der Waals surface area contributed by atoms with Crippen molar-refractivity contribution in [1.29, 1.82) is 0 Å². The molecule has 0 aliphatic heterocycles. The number of ether oxygens (including phenoxy) is 1. The Kier molecular flexibility index (Phi) is 15.1. The zero-order valence-corrected chi connectivity index (χ0v) is 35.3. The van der Waals surface area contributed by atoms with Gasteiger partial charge in [0.1, 0.15) is 5.75 Å². The van der Waals surface area contributed by atoms with E-state index in [1.165, 1.54) is 38.1 Å². The first-order valence-electron chi connectivity index (χ1n) is 18.2. The van der Waals surface area contributed by atoms with Crippen LogP contribution in [0.1, 0.15) is 47.0 Å². The minimum atomic E-state index is -4.56. The second kappa shape index (κ2) is 19.2. The minimum Gasteiger partial charge on any atom is -0.426 e. The first-order valence-corrected chi connectivity index (χ1v) is 22.7. The van der Waals surface area contributed by atoms with Gasteiger partial charge in [-0.3, -0.25) is 24.0 Å². The number of carbonyl (C=O) groups excluding carboxylic acids is 5. The summed E-state index contributed by atoms with van der Waals surface area (Å²) in [6, 6.07) is 7.66. The van der Waals surface area contributed by atoms with Crippen LogP contribution >= 0.6 is 0 Å². The SMILES string of the molecule is C=C(C)C(=O)NCCCNS(=O)(=O)c1cc(OC(C)=O)c2ccc3c(S(=O)(=O)NCCCNC(=O)C(C)=O)cc(S(=O)(=O)NCCCNC(=O)C(=C)C)c4ccc1c2c43. The number of benzene rings is 4. The van der Waals surface area contributed by atoms with Crippen LogP contribution < -0.4 is 34.9 Å². The number of esters is 1. The van der Waals surface area contributed by atoms with Gasteiger partial charge in [-0.1, -0.05) is 31.4 Å². The molecule has 0 atom stereocenters. The molecule has 0 heterocycles. The molecule has 0 bridgehead atoms. The summed E-state index contributed by atoms with van der Waals surface area (Å²) < 4.78 is 96.9. The summed E-state index contributed by atoms with van der Waals surface area (Å²) in [6.45, 7) is 11.9. The molecule has 0 aromatic heterocycles. The number of sulfonamides is 3. The van der Waals surface area contributed by atoms with Crippen LogP contribution in [-0.2, 0) is 54.0 Å². The molecule has 0 radical (unpaired) electrons. The van der Waals surface area contributed by atoms with Crippen LogP contribution in [0.25, 0.3) is 32.3 Å². The summed E-state index contributed by atoms with van der Waals surface area (Å²) in [5.74, 6) is -3.40. The second-order valence-corrected chi connectivity index (χ2v) is 18.8. The fraction of sp³-hybridized carbons (Fsp3) is 0.342. The van der Waals surface area contributed by atoms with Gasteiger partial charge in [-0.15, -0.1) is 0 Å². The van der Waals surface area contributed by atoms with E-state index in [0.29, 0.717) is 0 Å². The lowest BCUT2D eigenvalue weighted by Gasteiger charge is -2.21. The number of hydrogen-bond donors (Lipinski definition) is 6. The van der Waals surface area contributed by atoms with Gasteiger partial charge in [-0.05, 0) is 45.2 Å². The smallest absolute Gasteiger partial charge is 0.308 e. The van der Waals surface area contributed by atoms with Crippen molar-refractivity contribution < 1.29 is 54.0 Å². The molecule has 21 heteroatoms. The van der Waals surface area contributed by atoms with Crippen LogP contribution in [0.4, 0.5) is 0 Å². The van der Waals surface area contributed by atoms with Crippen molar-refractivity contribution in [3.8, 4) is 5.75 Å². The van der Waals surface area contributed by atoms with Crippen LogP contribution in [-0.4, -0.2) is 94.0 Å². The second-order valence-electron chi connectivity index (χ2n) is 13.5. The van der Waals surface area contributed by atoms with Gasteiger partial charge >= 0.3 is 5.97 Å². The molecule has 0 unspecified atom stereocenters. The van der Waals surface area contributed by atoms with Crippen molar-refractivity contribution in [3.63, 3.8) is 0 Å². The van der Waals surface area contributed by atoms with E-state index in [4.69, 9.17) is 4.74 Å². The maximum absolute atomic E-state index is 14.1. The van der Waals surface area contributed by atoms with Gasteiger partial charge in [0.2, 0.25) is 47.7 Å². The van der Waals surface area contributed by atoms with Gasteiger partial charge < -0.3 is 20.7 Å². The largest absolute Gasteiger partial charge is 0.426 e. The highest BCUT2D eigenvalue weighted by molar-refractivity contribution is 7.90. The van der Waals surface area contributed by atoms with Crippen molar-refractivity contribution in [3.05, 3.63) is 60.7 Å². The molecular formula is C38H46N6O12S3. The van der Waals surface area contributed by atoms with Crippen molar-refractivity contribution in [1.82, 2.24) is 30.1 Å². The Morgan fingerprint density at radius 3 is 1.20 bits per heavy atom. The van der Waals surface area contributed by atoms with E-state index >= 15 is 0 Å². The molecule has 0 aliphatic carbocycles. The average Bonchev–Trinajstić information content (AvgIpc) is 3.15. The van der Waals surface area contributed by atoms with E-state index in [0.717, 1.165) is 26.0 Å². The summed E-state index contributed by atoms with van der Waals surface area (Å²) in [5.41, 5.74) is 0.534. The van der Waals surface area contributed by atoms with E-state index in [9.17, 15) is 49.2 Å². The molecule has 4 aromatic carbocycles. The van der Waals surface area contributed by atoms with Crippen molar-refractivity contribution >= 4 is 91.9 Å². The van der Waals surface area contributed by atoms with E-state index in [1.807, 2.05) is 0 Å². The predicted octanol–water partition coefficient (Wildman–Crippen LogP) is 1.60. The highest BCUT2D eigenvalue weighted by atomic mass is 32.2. The lowest BCUT2D eigenvalue weighted by atomic mass is 9.93. The van der Waals surface area contributed by atoms with Gasteiger partial charge in [0, 0.05) is 103 Å². The molecule has 0 saturated heterocycles. The Balaban J connectivity index is 1.89. The molecule has 4 aromatic rings. The van der Waals surface area contributed by atoms with Crippen molar-refractivity contribution in [2.24, 2.45) is 0 Å². The predicted molar refractivity (Wildman–Crippen MR) is 220 cm³/mol. The number of ketones is 1. The van der Waals surface area contributed by atoms with Gasteiger partial charge in [-0.2, -0.15) is 0 Å². The summed E-state index contributed by atoms with van der Waals surface area (Å²) in [6.07, 6.45) is 0.392.